The van der Waals surface area contributed by atoms with E-state index in [0.29, 0.717) is 22.5 Å². The van der Waals surface area contributed by atoms with E-state index in [9.17, 15) is 19.2 Å². The van der Waals surface area contributed by atoms with Crippen molar-refractivity contribution in [1.29, 1.82) is 0 Å². The van der Waals surface area contributed by atoms with Gasteiger partial charge in [-0.05, 0) is 37.3 Å². The largest absolute Gasteiger partial charge is 0.325 e. The summed E-state index contributed by atoms with van der Waals surface area (Å²) < 4.78 is 0. The van der Waals surface area contributed by atoms with Crippen LogP contribution in [0.1, 0.15) is 31.1 Å². The standard InChI is InChI=1S/C23H23N5O4S/c1-13(2)21(31)25-18-7-5-4-6-17(18)20-22(32)26-23(28-27-20)33-12-19(30)24-16-10-8-15(9-11-16)14(3)29/h4-11,13H,12H2,1-3H3,(H,24,30)(H,25,31)(H,26,28,32). The minimum Gasteiger partial charge on any atom is -0.325 e. The van der Waals surface area contributed by atoms with Crippen LogP contribution < -0.4 is 16.2 Å². The molecular formula is C23H23N5O4S. The summed E-state index contributed by atoms with van der Waals surface area (Å²) in [7, 11) is 0. The van der Waals surface area contributed by atoms with Crippen LogP contribution >= 0.6 is 11.8 Å². The van der Waals surface area contributed by atoms with Gasteiger partial charge in [-0.3, -0.25) is 24.2 Å². The lowest BCUT2D eigenvalue weighted by atomic mass is 10.1. The summed E-state index contributed by atoms with van der Waals surface area (Å²) in [5.74, 6) is -0.761. The average molecular weight is 466 g/mol. The lowest BCUT2D eigenvalue weighted by Crippen LogP contribution is -2.20. The van der Waals surface area contributed by atoms with Gasteiger partial charge in [-0.25, -0.2) is 0 Å². The number of rotatable bonds is 8. The summed E-state index contributed by atoms with van der Waals surface area (Å²) in [6.07, 6.45) is 0. The van der Waals surface area contributed by atoms with Gasteiger partial charge in [0.05, 0.1) is 11.4 Å². The molecule has 0 aliphatic rings. The monoisotopic (exact) mass is 465 g/mol. The van der Waals surface area contributed by atoms with Crippen molar-refractivity contribution in [3.63, 3.8) is 0 Å². The normalized spacial score (nSPS) is 10.7. The van der Waals surface area contributed by atoms with Gasteiger partial charge >= 0.3 is 0 Å². The number of carbonyl (C=O) groups excluding carboxylic acids is 3. The van der Waals surface area contributed by atoms with Crippen molar-refractivity contribution in [2.45, 2.75) is 25.9 Å². The van der Waals surface area contributed by atoms with Crippen molar-refractivity contribution in [1.82, 2.24) is 15.2 Å². The fourth-order valence-electron chi connectivity index (χ4n) is 2.76. The molecule has 33 heavy (non-hydrogen) atoms. The van der Waals surface area contributed by atoms with Crippen molar-refractivity contribution in [3.05, 3.63) is 64.4 Å². The number of carbonyl (C=O) groups is 3. The molecule has 1 heterocycles. The van der Waals surface area contributed by atoms with Crippen LogP contribution in [0, 0.1) is 5.92 Å². The highest BCUT2D eigenvalue weighted by Gasteiger charge is 2.16. The van der Waals surface area contributed by atoms with Crippen molar-refractivity contribution in [2.75, 3.05) is 16.4 Å². The maximum atomic E-state index is 12.6. The van der Waals surface area contributed by atoms with Gasteiger partial charge in [0.25, 0.3) is 5.56 Å². The van der Waals surface area contributed by atoms with E-state index in [-0.39, 0.29) is 40.1 Å². The number of thioether (sulfide) groups is 1. The molecule has 0 fully saturated rings. The first kappa shape index (κ1) is 23.9. The van der Waals surface area contributed by atoms with Gasteiger partial charge in [0.15, 0.2) is 16.6 Å². The van der Waals surface area contributed by atoms with Gasteiger partial charge in [-0.15, -0.1) is 10.2 Å². The Kier molecular flexibility index (Phi) is 7.73. The molecular weight excluding hydrogens is 442 g/mol. The minimum absolute atomic E-state index is 0.000536. The van der Waals surface area contributed by atoms with E-state index in [1.165, 1.54) is 6.92 Å². The van der Waals surface area contributed by atoms with E-state index < -0.39 is 5.56 Å². The lowest BCUT2D eigenvalue weighted by molar-refractivity contribution is -0.119. The third kappa shape index (κ3) is 6.36. The fourth-order valence-corrected chi connectivity index (χ4v) is 3.36. The Bertz CT molecular complexity index is 1240. The SMILES string of the molecule is CC(=O)c1ccc(NC(=O)CSc2nnc(-c3ccccc3NC(=O)C(C)C)c(=O)[nH]2)cc1. The number of nitrogens with one attached hydrogen (secondary N) is 3. The molecule has 0 saturated heterocycles. The molecule has 0 aliphatic carbocycles. The van der Waals surface area contributed by atoms with Crippen LogP contribution in [0.5, 0.6) is 0 Å². The van der Waals surface area contributed by atoms with Crippen molar-refractivity contribution in [2.24, 2.45) is 5.92 Å². The second-order valence-corrected chi connectivity index (χ2v) is 8.43. The number of Topliss-reactive ketones (excluding diaryl/α,β-unsaturated/α-hetero) is 1. The predicted octanol–water partition coefficient (Wildman–Crippen LogP) is 3.36. The number of aromatic nitrogens is 3. The molecule has 0 radical (unpaired) electrons. The molecule has 0 bridgehead atoms. The lowest BCUT2D eigenvalue weighted by Gasteiger charge is -2.11. The van der Waals surface area contributed by atoms with E-state index in [0.717, 1.165) is 11.8 Å². The number of aromatic amines is 1. The highest BCUT2D eigenvalue weighted by atomic mass is 32.2. The second-order valence-electron chi connectivity index (χ2n) is 7.47. The Hall–Kier alpha value is -3.79. The quantitative estimate of drug-likeness (QED) is 0.343. The molecule has 1 aromatic heterocycles. The Balaban J connectivity index is 1.67. The van der Waals surface area contributed by atoms with Crippen molar-refractivity contribution < 1.29 is 14.4 Å². The first-order chi connectivity index (χ1) is 15.7. The first-order valence-corrected chi connectivity index (χ1v) is 11.1. The van der Waals surface area contributed by atoms with Gasteiger partial charge in [0, 0.05) is 22.7 Å². The molecule has 2 aromatic carbocycles. The van der Waals surface area contributed by atoms with E-state index in [1.54, 1.807) is 62.4 Å². The number of H-pyrrole nitrogens is 1. The number of para-hydroxylation sites is 1. The highest BCUT2D eigenvalue weighted by molar-refractivity contribution is 7.99. The van der Waals surface area contributed by atoms with Gasteiger partial charge in [0.1, 0.15) is 0 Å². The molecule has 2 amide bonds. The zero-order chi connectivity index (χ0) is 24.0. The number of anilines is 2. The van der Waals surface area contributed by atoms with Crippen molar-refractivity contribution in [3.8, 4) is 11.3 Å². The highest BCUT2D eigenvalue weighted by Crippen LogP contribution is 2.24. The number of hydrogen-bond acceptors (Lipinski definition) is 7. The Labute approximate surface area is 194 Å². The third-order valence-electron chi connectivity index (χ3n) is 4.56. The predicted molar refractivity (Wildman–Crippen MR) is 127 cm³/mol. The van der Waals surface area contributed by atoms with Crippen LogP contribution in [-0.4, -0.2) is 38.5 Å². The summed E-state index contributed by atoms with van der Waals surface area (Å²) >= 11 is 1.03. The minimum atomic E-state index is -0.487. The second kappa shape index (κ2) is 10.7. The summed E-state index contributed by atoms with van der Waals surface area (Å²) in [5.41, 5.74) is 1.60. The molecule has 0 spiro atoms. The average Bonchev–Trinajstić information content (AvgIpc) is 2.78. The zero-order valence-electron chi connectivity index (χ0n) is 18.3. The van der Waals surface area contributed by atoms with E-state index in [2.05, 4.69) is 25.8 Å². The van der Waals surface area contributed by atoms with Crippen LogP contribution in [0.2, 0.25) is 0 Å². The molecule has 0 unspecified atom stereocenters. The molecule has 0 aliphatic heterocycles. The fraction of sp³-hybridized carbons (Fsp3) is 0.217. The van der Waals surface area contributed by atoms with Gasteiger partial charge in [-0.2, -0.15) is 0 Å². The molecule has 3 N–H and O–H groups in total. The third-order valence-corrected chi connectivity index (χ3v) is 5.42. The van der Waals surface area contributed by atoms with E-state index in [1.807, 2.05) is 0 Å². The Morgan fingerprint density at radius 1 is 1.00 bits per heavy atom. The molecule has 9 nitrogen and oxygen atoms in total. The summed E-state index contributed by atoms with van der Waals surface area (Å²) in [5, 5.41) is 13.7. The van der Waals surface area contributed by atoms with Crippen LogP contribution in [0.3, 0.4) is 0 Å². The topological polar surface area (TPSA) is 134 Å². The first-order valence-electron chi connectivity index (χ1n) is 10.2. The Morgan fingerprint density at radius 2 is 1.70 bits per heavy atom. The number of benzene rings is 2. The van der Waals surface area contributed by atoms with Crippen LogP contribution in [-0.2, 0) is 9.59 Å². The van der Waals surface area contributed by atoms with E-state index >= 15 is 0 Å². The molecule has 0 saturated carbocycles. The summed E-state index contributed by atoms with van der Waals surface area (Å²) in [4.78, 5) is 50.8. The zero-order valence-corrected chi connectivity index (χ0v) is 19.2. The van der Waals surface area contributed by atoms with E-state index in [4.69, 9.17) is 0 Å². The van der Waals surface area contributed by atoms with Crippen LogP contribution in [0.4, 0.5) is 11.4 Å². The van der Waals surface area contributed by atoms with Gasteiger partial charge < -0.3 is 10.6 Å². The van der Waals surface area contributed by atoms with Crippen LogP contribution in [0.25, 0.3) is 11.3 Å². The molecule has 3 aromatic rings. The summed E-state index contributed by atoms with van der Waals surface area (Å²) in [6.45, 7) is 5.01. The van der Waals surface area contributed by atoms with Crippen LogP contribution in [0.15, 0.2) is 58.5 Å². The number of ketones is 1. The molecule has 0 atom stereocenters. The van der Waals surface area contributed by atoms with Crippen molar-refractivity contribution >= 4 is 40.7 Å². The molecule has 10 heteroatoms. The maximum Gasteiger partial charge on any atom is 0.278 e. The summed E-state index contributed by atoms with van der Waals surface area (Å²) in [6, 6.07) is 13.4. The molecule has 3 rings (SSSR count). The Morgan fingerprint density at radius 3 is 2.33 bits per heavy atom. The van der Waals surface area contributed by atoms with Gasteiger partial charge in [0.2, 0.25) is 11.8 Å². The number of nitrogens with zero attached hydrogens (tertiary/aromatic N) is 2. The smallest absolute Gasteiger partial charge is 0.278 e. The van der Waals surface area contributed by atoms with Gasteiger partial charge in [-0.1, -0.05) is 43.8 Å². The maximum absolute atomic E-state index is 12.6. The number of hydrogen-bond donors (Lipinski definition) is 3. The molecule has 170 valence electrons. The number of amides is 2.